The van der Waals surface area contributed by atoms with Crippen LogP contribution >= 0.6 is 15.9 Å². The highest BCUT2D eigenvalue weighted by Crippen LogP contribution is 2.38. The number of rotatable bonds is 6. The molecule has 0 aliphatic heterocycles. The minimum Gasteiger partial charge on any atom is -0.497 e. The smallest absolute Gasteiger partial charge is 0.204 e. The second-order valence-corrected chi connectivity index (χ2v) is 6.51. The average molecular weight is 383 g/mol. The topological polar surface area (TPSA) is 73.9 Å². The lowest BCUT2D eigenvalue weighted by Gasteiger charge is -2.24. The molecule has 0 spiro atoms. The maximum atomic E-state index is 12.6. The number of alkyl halides is 1. The van der Waals surface area contributed by atoms with Gasteiger partial charge in [-0.2, -0.15) is 10.5 Å². The van der Waals surface area contributed by atoms with Crippen molar-refractivity contribution in [1.82, 2.24) is 0 Å². The number of benzene rings is 2. The van der Waals surface area contributed by atoms with E-state index in [1.165, 1.54) is 0 Å². The molecule has 1 atom stereocenters. The summed E-state index contributed by atoms with van der Waals surface area (Å²) in [5, 5.41) is 18.8. The molecule has 0 fully saturated rings. The molecule has 0 heterocycles. The Morgan fingerprint density at radius 2 is 1.71 bits per heavy atom. The molecule has 0 radical (unpaired) electrons. The van der Waals surface area contributed by atoms with Crippen LogP contribution in [0.1, 0.15) is 28.3 Å². The lowest BCUT2D eigenvalue weighted by Crippen LogP contribution is -2.28. The lowest BCUT2D eigenvalue weighted by atomic mass is 9.82. The van der Waals surface area contributed by atoms with Crippen LogP contribution < -0.4 is 4.74 Å². The van der Waals surface area contributed by atoms with Gasteiger partial charge in [-0.15, -0.1) is 0 Å². The summed E-state index contributed by atoms with van der Waals surface area (Å²) in [7, 11) is 1.56. The third-order valence-corrected chi connectivity index (χ3v) is 4.72. The number of Topliss-reactive ketones (excluding diaryl/α,β-unsaturated/α-hetero) is 1. The van der Waals surface area contributed by atoms with Gasteiger partial charge in [0.05, 0.1) is 19.2 Å². The Kier molecular flexibility index (Phi) is 5.73. The Morgan fingerprint density at radius 1 is 1.12 bits per heavy atom. The van der Waals surface area contributed by atoms with E-state index < -0.39 is 10.2 Å². The molecule has 2 aromatic carbocycles. The van der Waals surface area contributed by atoms with Gasteiger partial charge in [-0.3, -0.25) is 4.79 Å². The first kappa shape index (κ1) is 17.7. The van der Waals surface area contributed by atoms with Gasteiger partial charge in [0, 0.05) is 17.9 Å². The SMILES string of the molecule is COc1ccc(C(=O)CC(c2ccccc2)C(Br)(C#N)C#N)cc1. The summed E-state index contributed by atoms with van der Waals surface area (Å²) in [6.45, 7) is 0. The van der Waals surface area contributed by atoms with Crippen molar-refractivity contribution in [2.45, 2.75) is 16.7 Å². The van der Waals surface area contributed by atoms with Crippen LogP contribution in [-0.2, 0) is 0 Å². The van der Waals surface area contributed by atoms with Gasteiger partial charge >= 0.3 is 0 Å². The van der Waals surface area contributed by atoms with Gasteiger partial charge in [0.2, 0.25) is 4.32 Å². The standard InChI is InChI=1S/C19H15BrN2O2/c1-24-16-9-7-15(8-10-16)18(23)11-17(19(20,12-21)13-22)14-5-3-2-4-6-14/h2-10,17H,11H2,1H3. The average Bonchev–Trinajstić information content (AvgIpc) is 2.66. The van der Waals surface area contributed by atoms with Gasteiger partial charge < -0.3 is 4.74 Å². The van der Waals surface area contributed by atoms with Crippen LogP contribution in [0, 0.1) is 22.7 Å². The predicted molar refractivity (Wildman–Crippen MR) is 94.0 cm³/mol. The Hall–Kier alpha value is -2.63. The van der Waals surface area contributed by atoms with Gasteiger partial charge in [-0.05, 0) is 29.8 Å². The summed E-state index contributed by atoms with van der Waals surface area (Å²) in [6.07, 6.45) is 0.0444. The minimum absolute atomic E-state index is 0.0444. The summed E-state index contributed by atoms with van der Waals surface area (Å²) in [6, 6.07) is 19.9. The van der Waals surface area contributed by atoms with Crippen molar-refractivity contribution in [1.29, 1.82) is 10.5 Å². The monoisotopic (exact) mass is 382 g/mol. The first-order chi connectivity index (χ1) is 11.5. The molecule has 0 aromatic heterocycles. The normalized spacial score (nSPS) is 11.8. The van der Waals surface area contributed by atoms with E-state index in [0.717, 1.165) is 5.56 Å². The van der Waals surface area contributed by atoms with E-state index in [2.05, 4.69) is 15.9 Å². The molecule has 0 saturated carbocycles. The van der Waals surface area contributed by atoms with Crippen molar-refractivity contribution < 1.29 is 9.53 Å². The maximum Gasteiger partial charge on any atom is 0.204 e. The van der Waals surface area contributed by atoms with Crippen LogP contribution in [0.3, 0.4) is 0 Å². The van der Waals surface area contributed by atoms with Crippen molar-refractivity contribution in [2.24, 2.45) is 0 Å². The van der Waals surface area contributed by atoms with Crippen LogP contribution in [0.2, 0.25) is 0 Å². The number of carbonyl (C=O) groups excluding carboxylic acids is 1. The molecule has 0 aliphatic carbocycles. The number of ether oxygens (including phenoxy) is 1. The van der Waals surface area contributed by atoms with Crippen LogP contribution in [0.4, 0.5) is 0 Å². The van der Waals surface area contributed by atoms with Gasteiger partial charge in [-0.1, -0.05) is 46.3 Å². The molecule has 0 aliphatic rings. The molecule has 0 amide bonds. The highest BCUT2D eigenvalue weighted by atomic mass is 79.9. The molecular weight excluding hydrogens is 368 g/mol. The van der Waals surface area contributed by atoms with E-state index in [1.807, 2.05) is 42.5 Å². The van der Waals surface area contributed by atoms with Crippen LogP contribution in [0.15, 0.2) is 54.6 Å². The fourth-order valence-corrected chi connectivity index (χ4v) is 2.86. The summed E-state index contributed by atoms with van der Waals surface area (Å²) >= 11 is 3.22. The predicted octanol–water partition coefficient (Wildman–Crippen LogP) is 4.23. The zero-order valence-electron chi connectivity index (χ0n) is 13.1. The minimum atomic E-state index is -1.46. The Bertz CT molecular complexity index is 775. The van der Waals surface area contributed by atoms with E-state index in [0.29, 0.717) is 11.3 Å². The number of carbonyl (C=O) groups is 1. The molecule has 0 saturated heterocycles. The number of nitrogens with zero attached hydrogens (tertiary/aromatic N) is 2. The fraction of sp³-hybridized carbons (Fsp3) is 0.211. The summed E-state index contributed by atoms with van der Waals surface area (Å²) in [5.41, 5.74) is 1.28. The summed E-state index contributed by atoms with van der Waals surface area (Å²) in [5.74, 6) is -0.0563. The third kappa shape index (κ3) is 3.82. The number of nitriles is 2. The Morgan fingerprint density at radius 3 is 2.21 bits per heavy atom. The molecule has 2 rings (SSSR count). The second-order valence-electron chi connectivity index (χ2n) is 5.25. The molecule has 0 bridgehead atoms. The zero-order chi connectivity index (χ0) is 17.6. The van der Waals surface area contributed by atoms with Gasteiger partial charge in [0.15, 0.2) is 5.78 Å². The first-order valence-corrected chi connectivity index (χ1v) is 8.07. The van der Waals surface area contributed by atoms with E-state index >= 15 is 0 Å². The molecular formula is C19H15BrN2O2. The second kappa shape index (κ2) is 7.77. The van der Waals surface area contributed by atoms with Gasteiger partial charge in [0.25, 0.3) is 0 Å². The molecule has 5 heteroatoms. The number of hydrogen-bond acceptors (Lipinski definition) is 4. The number of halogens is 1. The third-order valence-electron chi connectivity index (χ3n) is 3.81. The zero-order valence-corrected chi connectivity index (χ0v) is 14.7. The van der Waals surface area contributed by atoms with Crippen molar-refractivity contribution >= 4 is 21.7 Å². The van der Waals surface area contributed by atoms with Crippen molar-refractivity contribution in [3.8, 4) is 17.9 Å². The van der Waals surface area contributed by atoms with Gasteiger partial charge in [-0.25, -0.2) is 0 Å². The van der Waals surface area contributed by atoms with E-state index in [-0.39, 0.29) is 12.2 Å². The first-order valence-electron chi connectivity index (χ1n) is 7.27. The van der Waals surface area contributed by atoms with Crippen LogP contribution in [0.5, 0.6) is 5.75 Å². The van der Waals surface area contributed by atoms with E-state index in [4.69, 9.17) is 4.74 Å². The molecule has 4 nitrogen and oxygen atoms in total. The highest BCUT2D eigenvalue weighted by molar-refractivity contribution is 9.10. The lowest BCUT2D eigenvalue weighted by molar-refractivity contribution is 0.0972. The van der Waals surface area contributed by atoms with E-state index in [9.17, 15) is 15.3 Å². The quantitative estimate of drug-likeness (QED) is 0.553. The number of methoxy groups -OCH3 is 1. The molecule has 2 aromatic rings. The maximum absolute atomic E-state index is 12.6. The molecule has 1 unspecified atom stereocenters. The summed E-state index contributed by atoms with van der Waals surface area (Å²) in [4.78, 5) is 12.6. The van der Waals surface area contributed by atoms with Crippen molar-refractivity contribution in [3.63, 3.8) is 0 Å². The van der Waals surface area contributed by atoms with Crippen molar-refractivity contribution in [3.05, 3.63) is 65.7 Å². The molecule has 24 heavy (non-hydrogen) atoms. The van der Waals surface area contributed by atoms with Crippen molar-refractivity contribution in [2.75, 3.05) is 7.11 Å². The largest absolute Gasteiger partial charge is 0.497 e. The van der Waals surface area contributed by atoms with Crippen LogP contribution in [0.25, 0.3) is 0 Å². The molecule has 0 N–H and O–H groups in total. The highest BCUT2D eigenvalue weighted by Gasteiger charge is 2.39. The fourth-order valence-electron chi connectivity index (χ4n) is 2.43. The van der Waals surface area contributed by atoms with E-state index in [1.54, 1.807) is 31.4 Å². The number of ketones is 1. The van der Waals surface area contributed by atoms with Gasteiger partial charge in [0.1, 0.15) is 5.75 Å². The Labute approximate surface area is 149 Å². The molecule has 120 valence electrons. The summed E-state index contributed by atoms with van der Waals surface area (Å²) < 4.78 is 3.62. The number of hydrogen-bond donors (Lipinski definition) is 0. The Balaban J connectivity index is 2.33. The van der Waals surface area contributed by atoms with Crippen LogP contribution in [-0.4, -0.2) is 17.2 Å².